The lowest BCUT2D eigenvalue weighted by Gasteiger charge is -2.22. The fourth-order valence-electron chi connectivity index (χ4n) is 2.07. The van der Waals surface area contributed by atoms with E-state index in [1.165, 1.54) is 12.3 Å². The molecule has 0 amide bonds. The van der Waals surface area contributed by atoms with Gasteiger partial charge in [-0.05, 0) is 6.42 Å². The number of nitrogens with zero attached hydrogens (tertiary/aromatic N) is 2. The van der Waals surface area contributed by atoms with E-state index in [0.29, 0.717) is 6.54 Å². The Bertz CT molecular complexity index is 496. The van der Waals surface area contributed by atoms with Gasteiger partial charge in [0.1, 0.15) is 0 Å². The Balaban J connectivity index is 3.00. The second-order valence-corrected chi connectivity index (χ2v) is 4.83. The van der Waals surface area contributed by atoms with Crippen LogP contribution in [0, 0.1) is 0 Å². The maximum absolute atomic E-state index is 11.6. The summed E-state index contributed by atoms with van der Waals surface area (Å²) in [5.74, 6) is -0.191. The summed E-state index contributed by atoms with van der Waals surface area (Å²) in [5, 5.41) is 9.59. The van der Waals surface area contributed by atoms with E-state index >= 15 is 0 Å². The number of hydrogen-bond acceptors (Lipinski definition) is 3. The zero-order valence-corrected chi connectivity index (χ0v) is 12.2. The number of pyridine rings is 1. The average molecular weight is 276 g/mol. The molecule has 110 valence electrons. The van der Waals surface area contributed by atoms with Crippen molar-refractivity contribution >= 4 is 0 Å². The maximum atomic E-state index is 11.6. The van der Waals surface area contributed by atoms with Crippen LogP contribution >= 0.6 is 0 Å². The van der Waals surface area contributed by atoms with Crippen molar-refractivity contribution in [2.24, 2.45) is 0 Å². The first-order chi connectivity index (χ1) is 9.62. The highest BCUT2D eigenvalue weighted by atomic mass is 16.3. The summed E-state index contributed by atoms with van der Waals surface area (Å²) in [6.45, 7) is 12.5. The van der Waals surface area contributed by atoms with Gasteiger partial charge in [-0.2, -0.15) is 0 Å². The second-order valence-electron chi connectivity index (χ2n) is 4.83. The summed E-state index contributed by atoms with van der Waals surface area (Å²) in [5.41, 5.74) is 0.579. The monoisotopic (exact) mass is 276 g/mol. The van der Waals surface area contributed by atoms with E-state index in [2.05, 4.69) is 25.0 Å². The van der Waals surface area contributed by atoms with Crippen LogP contribution < -0.4 is 5.43 Å². The molecule has 1 heterocycles. The van der Waals surface area contributed by atoms with Crippen molar-refractivity contribution in [2.75, 3.05) is 13.1 Å². The largest absolute Gasteiger partial charge is 0.503 e. The fourth-order valence-corrected chi connectivity index (χ4v) is 2.07. The van der Waals surface area contributed by atoms with Gasteiger partial charge in [0.2, 0.25) is 5.43 Å². The van der Waals surface area contributed by atoms with E-state index in [4.69, 9.17) is 0 Å². The highest BCUT2D eigenvalue weighted by Crippen LogP contribution is 2.10. The van der Waals surface area contributed by atoms with E-state index in [9.17, 15) is 9.90 Å². The fraction of sp³-hybridized carbons (Fsp3) is 0.438. The molecule has 0 fully saturated rings. The normalized spacial score (nSPS) is 10.7. The minimum absolute atomic E-state index is 0.191. The smallest absolute Gasteiger partial charge is 0.223 e. The predicted molar refractivity (Wildman–Crippen MR) is 82.9 cm³/mol. The Labute approximate surface area is 120 Å². The quantitative estimate of drug-likeness (QED) is 0.705. The Morgan fingerprint density at radius 2 is 2.00 bits per heavy atom. The van der Waals surface area contributed by atoms with Crippen LogP contribution in [0.4, 0.5) is 0 Å². The molecule has 1 N–H and O–H groups in total. The zero-order valence-electron chi connectivity index (χ0n) is 12.2. The maximum Gasteiger partial charge on any atom is 0.223 e. The molecule has 0 atom stereocenters. The van der Waals surface area contributed by atoms with Crippen LogP contribution in [0.2, 0.25) is 0 Å². The Hall–Kier alpha value is -1.81. The van der Waals surface area contributed by atoms with Crippen LogP contribution in [0.3, 0.4) is 0 Å². The molecule has 1 rings (SSSR count). The summed E-state index contributed by atoms with van der Waals surface area (Å²) in [6.07, 6.45) is 7.28. The summed E-state index contributed by atoms with van der Waals surface area (Å²) < 4.78 is 1.96. The number of aryl methyl sites for hydroxylation is 1. The first-order valence-electron chi connectivity index (χ1n) is 6.98. The predicted octanol–water partition coefficient (Wildman–Crippen LogP) is 2.53. The van der Waals surface area contributed by atoms with Crippen LogP contribution in [-0.4, -0.2) is 27.7 Å². The van der Waals surface area contributed by atoms with Gasteiger partial charge in [-0.3, -0.25) is 9.69 Å². The van der Waals surface area contributed by atoms with Gasteiger partial charge < -0.3 is 9.67 Å². The third-order valence-electron chi connectivity index (χ3n) is 3.11. The third-order valence-corrected chi connectivity index (χ3v) is 3.11. The van der Waals surface area contributed by atoms with Gasteiger partial charge in [0.15, 0.2) is 5.75 Å². The van der Waals surface area contributed by atoms with Crippen molar-refractivity contribution in [3.8, 4) is 5.75 Å². The molecule has 20 heavy (non-hydrogen) atoms. The molecule has 4 heteroatoms. The zero-order chi connectivity index (χ0) is 15.0. The Morgan fingerprint density at radius 3 is 2.55 bits per heavy atom. The average Bonchev–Trinajstić information content (AvgIpc) is 2.41. The molecule has 0 saturated heterocycles. The Kier molecular flexibility index (Phi) is 6.81. The molecule has 0 unspecified atom stereocenters. The lowest BCUT2D eigenvalue weighted by molar-refractivity contribution is 0.314. The van der Waals surface area contributed by atoms with Crippen LogP contribution in [-0.2, 0) is 13.1 Å². The number of hydrogen-bond donors (Lipinski definition) is 1. The molecule has 4 nitrogen and oxygen atoms in total. The van der Waals surface area contributed by atoms with Crippen LogP contribution in [0.5, 0.6) is 5.75 Å². The first-order valence-corrected chi connectivity index (χ1v) is 6.98. The van der Waals surface area contributed by atoms with Crippen molar-refractivity contribution in [3.05, 3.63) is 53.5 Å². The van der Waals surface area contributed by atoms with Crippen LogP contribution in [0.25, 0.3) is 0 Å². The van der Waals surface area contributed by atoms with Gasteiger partial charge in [0, 0.05) is 37.9 Å². The van der Waals surface area contributed by atoms with Crippen molar-refractivity contribution in [3.63, 3.8) is 0 Å². The molecule has 0 aromatic carbocycles. The van der Waals surface area contributed by atoms with Gasteiger partial charge in [0.25, 0.3) is 0 Å². The van der Waals surface area contributed by atoms with Crippen LogP contribution in [0.15, 0.2) is 42.4 Å². The van der Waals surface area contributed by atoms with Gasteiger partial charge in [-0.1, -0.05) is 25.5 Å². The van der Waals surface area contributed by atoms with E-state index in [0.717, 1.165) is 38.2 Å². The van der Waals surface area contributed by atoms with E-state index in [1.54, 1.807) is 0 Å². The topological polar surface area (TPSA) is 45.5 Å². The van der Waals surface area contributed by atoms with Gasteiger partial charge >= 0.3 is 0 Å². The molecule has 1 aromatic rings. The molecular formula is C16H24N2O2. The Morgan fingerprint density at radius 1 is 1.35 bits per heavy atom. The summed E-state index contributed by atoms with van der Waals surface area (Å²) in [4.78, 5) is 13.8. The molecule has 1 aromatic heterocycles. The number of aromatic hydroxyl groups is 1. The third kappa shape index (κ3) is 4.70. The molecule has 0 radical (unpaired) electrons. The van der Waals surface area contributed by atoms with Crippen molar-refractivity contribution in [2.45, 2.75) is 32.9 Å². The molecule has 0 aliphatic carbocycles. The number of rotatable bonds is 9. The molecule has 0 bridgehead atoms. The minimum atomic E-state index is -0.329. The van der Waals surface area contributed by atoms with Crippen molar-refractivity contribution in [1.82, 2.24) is 9.47 Å². The molecule has 0 aliphatic heterocycles. The van der Waals surface area contributed by atoms with Gasteiger partial charge in [-0.15, -0.1) is 13.2 Å². The van der Waals surface area contributed by atoms with Gasteiger partial charge in [-0.25, -0.2) is 0 Å². The summed E-state index contributed by atoms with van der Waals surface area (Å²) >= 11 is 0. The minimum Gasteiger partial charge on any atom is -0.503 e. The first kappa shape index (κ1) is 16.2. The molecule has 0 spiro atoms. The molecule has 0 saturated carbocycles. The number of unbranched alkanes of at least 4 members (excludes halogenated alkanes) is 1. The SMILES string of the molecule is C=CCN(CC=C)Cc1cc(=O)c(O)cn1CCCC. The van der Waals surface area contributed by atoms with E-state index in [1.807, 2.05) is 16.7 Å². The van der Waals surface area contributed by atoms with E-state index in [-0.39, 0.29) is 11.2 Å². The summed E-state index contributed by atoms with van der Waals surface area (Å²) in [7, 11) is 0. The standard InChI is InChI=1S/C16H24N2O2/c1-4-7-10-18-13-16(20)15(19)11-14(18)12-17(8-5-2)9-6-3/h5-6,11,13,20H,2-4,7-10,12H2,1H3. The highest BCUT2D eigenvalue weighted by Gasteiger charge is 2.09. The molecular weight excluding hydrogens is 252 g/mol. The lowest BCUT2D eigenvalue weighted by Crippen LogP contribution is -2.26. The van der Waals surface area contributed by atoms with Gasteiger partial charge in [0.05, 0.1) is 6.20 Å². The highest BCUT2D eigenvalue weighted by molar-refractivity contribution is 5.20. The van der Waals surface area contributed by atoms with Crippen LogP contribution in [0.1, 0.15) is 25.5 Å². The van der Waals surface area contributed by atoms with Crippen molar-refractivity contribution in [1.29, 1.82) is 0 Å². The lowest BCUT2D eigenvalue weighted by atomic mass is 10.2. The number of aromatic nitrogens is 1. The summed E-state index contributed by atoms with van der Waals surface area (Å²) in [6, 6.07) is 1.52. The second kappa shape index (κ2) is 8.38. The van der Waals surface area contributed by atoms with Crippen molar-refractivity contribution < 1.29 is 5.11 Å². The molecule has 0 aliphatic rings. The van der Waals surface area contributed by atoms with E-state index < -0.39 is 0 Å².